The summed E-state index contributed by atoms with van der Waals surface area (Å²) in [6, 6.07) is 61.8. The van der Waals surface area contributed by atoms with E-state index in [1.807, 2.05) is 6.07 Å². The molecule has 0 N–H and O–H groups in total. The van der Waals surface area contributed by atoms with E-state index in [0.29, 0.717) is 17.5 Å². The molecule has 0 fully saturated rings. The number of aromatic nitrogens is 3. The molecule has 1 heterocycles. The number of benzene rings is 8. The second kappa shape index (κ2) is 11.7. The maximum absolute atomic E-state index is 5.15. The predicted molar refractivity (Wildman–Crippen MR) is 200 cm³/mol. The van der Waals surface area contributed by atoms with Crippen LogP contribution in [0.15, 0.2) is 176 Å². The summed E-state index contributed by atoms with van der Waals surface area (Å²) in [7, 11) is 0. The minimum absolute atomic E-state index is 0.644. The summed E-state index contributed by atoms with van der Waals surface area (Å²) in [4.78, 5) is 15.4. The number of hydrogen-bond donors (Lipinski definition) is 0. The van der Waals surface area contributed by atoms with E-state index in [1.165, 1.54) is 27.3 Å². The van der Waals surface area contributed by atoms with Gasteiger partial charge in [-0.2, -0.15) is 0 Å². The quantitative estimate of drug-likeness (QED) is 0.194. The van der Waals surface area contributed by atoms with Gasteiger partial charge in [0.2, 0.25) is 0 Å². The molecule has 0 atom stereocenters. The average Bonchev–Trinajstić information content (AvgIpc) is 3.17. The van der Waals surface area contributed by atoms with Crippen LogP contribution in [0.5, 0.6) is 0 Å². The summed E-state index contributed by atoms with van der Waals surface area (Å²) in [5.74, 6) is 1.94. The third-order valence-electron chi connectivity index (χ3n) is 9.05. The van der Waals surface area contributed by atoms with Crippen molar-refractivity contribution >= 4 is 32.3 Å². The van der Waals surface area contributed by atoms with E-state index in [0.717, 1.165) is 44.0 Å². The predicted octanol–water partition coefficient (Wildman–Crippen LogP) is 11.7. The van der Waals surface area contributed by atoms with Gasteiger partial charge >= 0.3 is 0 Å². The molecule has 0 aliphatic heterocycles. The maximum Gasteiger partial charge on any atom is 0.164 e. The minimum Gasteiger partial charge on any atom is -0.208 e. The lowest BCUT2D eigenvalue weighted by Gasteiger charge is -2.13. The Bertz CT molecular complexity index is 2610. The van der Waals surface area contributed by atoms with E-state index in [4.69, 9.17) is 15.0 Å². The van der Waals surface area contributed by atoms with Crippen molar-refractivity contribution in [2.75, 3.05) is 0 Å². The van der Waals surface area contributed by atoms with Crippen LogP contribution in [0.2, 0.25) is 0 Å². The van der Waals surface area contributed by atoms with Crippen LogP contribution >= 0.6 is 0 Å². The summed E-state index contributed by atoms with van der Waals surface area (Å²) in [6.45, 7) is 0. The maximum atomic E-state index is 5.15. The molecule has 1 aromatic heterocycles. The molecule has 0 saturated carbocycles. The van der Waals surface area contributed by atoms with Crippen molar-refractivity contribution in [2.24, 2.45) is 0 Å². The lowest BCUT2D eigenvalue weighted by Crippen LogP contribution is -2.00. The first kappa shape index (κ1) is 27.8. The Hall–Kier alpha value is -6.45. The lowest BCUT2D eigenvalue weighted by molar-refractivity contribution is 1.08. The number of rotatable bonds is 5. The molecule has 0 bridgehead atoms. The second-order valence-electron chi connectivity index (χ2n) is 12.1. The molecule has 0 amide bonds. The van der Waals surface area contributed by atoms with Gasteiger partial charge < -0.3 is 0 Å². The summed E-state index contributed by atoms with van der Waals surface area (Å²) < 4.78 is 0. The molecule has 0 aliphatic rings. The van der Waals surface area contributed by atoms with Gasteiger partial charge in [0.25, 0.3) is 0 Å². The van der Waals surface area contributed by atoms with E-state index in [9.17, 15) is 0 Å². The highest BCUT2D eigenvalue weighted by molar-refractivity contribution is 6.00. The van der Waals surface area contributed by atoms with Gasteiger partial charge in [-0.05, 0) is 84.9 Å². The molecular weight excluding hydrogens is 583 g/mol. The van der Waals surface area contributed by atoms with E-state index in [1.54, 1.807) is 0 Å². The molecule has 3 nitrogen and oxygen atoms in total. The first-order valence-corrected chi connectivity index (χ1v) is 16.2. The number of hydrogen-bond acceptors (Lipinski definition) is 3. The monoisotopic (exact) mass is 611 g/mol. The van der Waals surface area contributed by atoms with E-state index in [-0.39, 0.29) is 0 Å². The Labute approximate surface area is 278 Å². The lowest BCUT2D eigenvalue weighted by atomic mass is 9.95. The Kier molecular flexibility index (Phi) is 6.80. The van der Waals surface area contributed by atoms with Crippen LogP contribution in [0.4, 0.5) is 0 Å². The smallest absolute Gasteiger partial charge is 0.164 e. The highest BCUT2D eigenvalue weighted by Gasteiger charge is 2.16. The van der Waals surface area contributed by atoms with Crippen molar-refractivity contribution in [3.05, 3.63) is 176 Å². The fourth-order valence-electron chi connectivity index (χ4n) is 6.58. The summed E-state index contributed by atoms with van der Waals surface area (Å²) in [6.07, 6.45) is 0. The van der Waals surface area contributed by atoms with Gasteiger partial charge in [-0.15, -0.1) is 0 Å². The van der Waals surface area contributed by atoms with E-state index >= 15 is 0 Å². The first-order chi connectivity index (χ1) is 23.7. The van der Waals surface area contributed by atoms with Gasteiger partial charge in [-0.3, -0.25) is 0 Å². The highest BCUT2D eigenvalue weighted by Crippen LogP contribution is 2.35. The zero-order valence-electron chi connectivity index (χ0n) is 26.1. The molecule has 48 heavy (non-hydrogen) atoms. The van der Waals surface area contributed by atoms with Crippen LogP contribution in [-0.2, 0) is 0 Å². The minimum atomic E-state index is 0.644. The molecule has 0 aliphatic carbocycles. The van der Waals surface area contributed by atoms with Gasteiger partial charge in [0, 0.05) is 16.7 Å². The van der Waals surface area contributed by atoms with Crippen LogP contribution in [0, 0.1) is 0 Å². The third-order valence-corrected chi connectivity index (χ3v) is 9.05. The van der Waals surface area contributed by atoms with Crippen LogP contribution in [0.25, 0.3) is 88.7 Å². The van der Waals surface area contributed by atoms with Crippen molar-refractivity contribution in [1.82, 2.24) is 15.0 Å². The SMILES string of the molecule is c1ccc(-c2ccc3cc(-c4nc(-c5ccc6ccccc6c5)nc(-c5cc(-c6ccccc6)c6ccccc6c5)n4)ccc3c2)cc1. The number of nitrogens with zero attached hydrogens (tertiary/aromatic N) is 3. The molecule has 9 aromatic rings. The topological polar surface area (TPSA) is 38.7 Å². The molecule has 0 unspecified atom stereocenters. The zero-order valence-corrected chi connectivity index (χ0v) is 26.1. The van der Waals surface area contributed by atoms with Crippen molar-refractivity contribution in [1.29, 1.82) is 0 Å². The Morgan fingerprint density at radius 3 is 1.35 bits per heavy atom. The van der Waals surface area contributed by atoms with Crippen molar-refractivity contribution in [2.45, 2.75) is 0 Å². The molecule has 3 heteroatoms. The molecule has 0 spiro atoms. The van der Waals surface area contributed by atoms with Crippen LogP contribution in [0.3, 0.4) is 0 Å². The Morgan fingerprint density at radius 1 is 0.250 bits per heavy atom. The third kappa shape index (κ3) is 5.18. The van der Waals surface area contributed by atoms with E-state index < -0.39 is 0 Å². The fourth-order valence-corrected chi connectivity index (χ4v) is 6.58. The van der Waals surface area contributed by atoms with Crippen LogP contribution in [0.1, 0.15) is 0 Å². The van der Waals surface area contributed by atoms with Gasteiger partial charge in [-0.1, -0.05) is 146 Å². The molecular formula is C45H29N3. The normalized spacial score (nSPS) is 11.3. The molecule has 0 saturated heterocycles. The van der Waals surface area contributed by atoms with E-state index in [2.05, 4.69) is 170 Å². The fraction of sp³-hybridized carbons (Fsp3) is 0. The van der Waals surface area contributed by atoms with Gasteiger partial charge in [0.1, 0.15) is 0 Å². The van der Waals surface area contributed by atoms with Crippen molar-refractivity contribution in [3.8, 4) is 56.4 Å². The summed E-state index contributed by atoms with van der Waals surface area (Å²) >= 11 is 0. The highest BCUT2D eigenvalue weighted by atomic mass is 15.0. The average molecular weight is 612 g/mol. The van der Waals surface area contributed by atoms with Crippen molar-refractivity contribution in [3.63, 3.8) is 0 Å². The van der Waals surface area contributed by atoms with Gasteiger partial charge in [0.15, 0.2) is 17.5 Å². The van der Waals surface area contributed by atoms with Gasteiger partial charge in [-0.25, -0.2) is 15.0 Å². The zero-order chi connectivity index (χ0) is 31.9. The summed E-state index contributed by atoms with van der Waals surface area (Å²) in [5.41, 5.74) is 7.56. The van der Waals surface area contributed by atoms with Crippen LogP contribution in [-0.4, -0.2) is 15.0 Å². The molecule has 224 valence electrons. The molecule has 8 aromatic carbocycles. The van der Waals surface area contributed by atoms with Crippen LogP contribution < -0.4 is 0 Å². The van der Waals surface area contributed by atoms with Gasteiger partial charge in [0.05, 0.1) is 0 Å². The van der Waals surface area contributed by atoms with Crippen molar-refractivity contribution < 1.29 is 0 Å². The first-order valence-electron chi connectivity index (χ1n) is 16.2. The molecule has 0 radical (unpaired) electrons. The Morgan fingerprint density at radius 2 is 0.688 bits per heavy atom. The number of fused-ring (bicyclic) bond motifs is 3. The largest absolute Gasteiger partial charge is 0.208 e. The standard InChI is InChI=1S/C45H29N3/c1-3-11-30(12-4-1)34-20-21-36-27-39(24-22-35(36)25-34)44-46-43(38-23-19-31-13-7-8-16-33(31)26-38)47-45(48-44)40-28-37-17-9-10-18-41(37)42(29-40)32-14-5-2-6-15-32/h1-29H. The Balaban J connectivity index is 1.23. The second-order valence-corrected chi connectivity index (χ2v) is 12.1. The molecule has 9 rings (SSSR count). The summed E-state index contributed by atoms with van der Waals surface area (Å²) in [5, 5.41) is 6.98.